The summed E-state index contributed by atoms with van der Waals surface area (Å²) < 4.78 is 4.79. The molecule has 36 heavy (non-hydrogen) atoms. The first kappa shape index (κ1) is 30.0. The normalized spacial score (nSPS) is 18.2. The first-order valence-corrected chi connectivity index (χ1v) is 11.7. The van der Waals surface area contributed by atoms with Crippen LogP contribution in [0.1, 0.15) is 52.0 Å². The summed E-state index contributed by atoms with van der Waals surface area (Å²) in [6, 6.07) is 9.15. The van der Waals surface area contributed by atoms with E-state index in [1.165, 1.54) is 24.9 Å². The fraction of sp³-hybridized carbons (Fsp3) is 0.370. The van der Waals surface area contributed by atoms with E-state index in [9.17, 15) is 29.1 Å². The monoisotopic (exact) mass is 498 g/mol. The number of rotatable bonds is 4. The number of Topliss-reactive ketones (excluding diaryl/α,β-unsaturated/α-hetero) is 1. The van der Waals surface area contributed by atoms with Crippen LogP contribution in [0.15, 0.2) is 66.0 Å². The van der Waals surface area contributed by atoms with Crippen LogP contribution in [0.25, 0.3) is 0 Å². The van der Waals surface area contributed by atoms with Crippen molar-refractivity contribution in [1.82, 2.24) is 10.2 Å². The van der Waals surface area contributed by atoms with Crippen molar-refractivity contribution in [2.45, 2.75) is 59.1 Å². The molecule has 1 heterocycles. The zero-order chi connectivity index (χ0) is 27.1. The molecule has 0 saturated carbocycles. The molecule has 1 saturated heterocycles. The van der Waals surface area contributed by atoms with E-state index in [2.05, 4.69) is 5.32 Å². The summed E-state index contributed by atoms with van der Waals surface area (Å²) in [7, 11) is 1.52. The van der Waals surface area contributed by atoms with Crippen LogP contribution in [0.4, 0.5) is 0 Å². The molecule has 3 rings (SSSR count). The number of hydrogen-bond acceptors (Lipinski definition) is 7. The number of ether oxygens (including phenoxy) is 1. The molecule has 194 valence electrons. The number of carbonyl (C=O) groups is 5. The third kappa shape index (κ3) is 9.69. The number of hydrogen-bond donors (Lipinski definition) is 2. The molecule has 1 unspecified atom stereocenters. The molecule has 0 spiro atoms. The summed E-state index contributed by atoms with van der Waals surface area (Å²) in [5, 5.41) is 11.5. The highest BCUT2D eigenvalue weighted by molar-refractivity contribution is 6.12. The number of amides is 3. The maximum Gasteiger partial charge on any atom is 0.302 e. The predicted molar refractivity (Wildman–Crippen MR) is 134 cm³/mol. The smallest absolute Gasteiger partial charge is 0.302 e. The number of imide groups is 1. The van der Waals surface area contributed by atoms with Crippen LogP contribution in [0.3, 0.4) is 0 Å². The Morgan fingerprint density at radius 1 is 1.14 bits per heavy atom. The highest BCUT2D eigenvalue weighted by Crippen LogP contribution is 2.22. The molecule has 1 aromatic rings. The summed E-state index contributed by atoms with van der Waals surface area (Å²) in [5.41, 5.74) is 1.04. The number of esters is 1. The molecule has 1 fully saturated rings. The maximum absolute atomic E-state index is 12.7. The van der Waals surface area contributed by atoms with Crippen molar-refractivity contribution in [2.24, 2.45) is 0 Å². The molecule has 9 nitrogen and oxygen atoms in total. The Kier molecular flexibility index (Phi) is 13.2. The van der Waals surface area contributed by atoms with Crippen molar-refractivity contribution < 1.29 is 33.8 Å². The number of aliphatic hydroxyl groups excluding tert-OH is 1. The zero-order valence-electron chi connectivity index (χ0n) is 21.2. The van der Waals surface area contributed by atoms with Gasteiger partial charge in [0.1, 0.15) is 6.61 Å². The van der Waals surface area contributed by atoms with Crippen LogP contribution in [-0.2, 0) is 35.3 Å². The zero-order valence-corrected chi connectivity index (χ0v) is 21.2. The molecular formula is C27H34N2O7. The molecule has 3 amide bonds. The van der Waals surface area contributed by atoms with Gasteiger partial charge in [0.2, 0.25) is 11.8 Å². The number of allylic oxidation sites excluding steroid dienone is 3. The number of ketones is 1. The number of nitrogens with one attached hydrogen (secondary N) is 1. The van der Waals surface area contributed by atoms with Gasteiger partial charge in [-0.3, -0.25) is 29.3 Å². The van der Waals surface area contributed by atoms with E-state index >= 15 is 0 Å². The van der Waals surface area contributed by atoms with Gasteiger partial charge in [0.15, 0.2) is 5.78 Å². The van der Waals surface area contributed by atoms with Gasteiger partial charge >= 0.3 is 5.97 Å². The van der Waals surface area contributed by atoms with Crippen LogP contribution in [0.5, 0.6) is 0 Å². The minimum atomic E-state index is -0.475. The molecule has 1 atom stereocenters. The van der Waals surface area contributed by atoms with Gasteiger partial charge in [-0.2, -0.15) is 0 Å². The van der Waals surface area contributed by atoms with E-state index in [1.807, 2.05) is 44.2 Å². The van der Waals surface area contributed by atoms with Crippen LogP contribution in [0, 0.1) is 0 Å². The molecule has 0 aromatic heterocycles. The van der Waals surface area contributed by atoms with Gasteiger partial charge < -0.3 is 14.7 Å². The quantitative estimate of drug-likeness (QED) is 0.282. The lowest BCUT2D eigenvalue weighted by molar-refractivity contribution is -0.142. The Bertz CT molecular complexity index is 1030. The van der Waals surface area contributed by atoms with E-state index in [4.69, 9.17) is 4.74 Å². The molecule has 9 heteroatoms. The van der Waals surface area contributed by atoms with Crippen molar-refractivity contribution >= 4 is 29.5 Å². The van der Waals surface area contributed by atoms with Crippen LogP contribution in [-0.4, -0.2) is 52.6 Å². The molecule has 2 aliphatic rings. The Labute approximate surface area is 211 Å². The van der Waals surface area contributed by atoms with E-state index < -0.39 is 17.9 Å². The standard InChI is InChI=1S/C16H18N2O5.C9H10O2.C2H6/c1-18(10-6-7-14(21)17-15(22)8-10)16(23)11-4-2-3-5-13(20)12(11)9-19;1-8(10)11-7-9-5-3-2-4-6-9;1-2/h2-4,9-10,19H,5-8H2,1H3,(H,17,21,22);2-6H,7H2,1H3;1-2H3/b12-9-;;. The first-order valence-electron chi connectivity index (χ1n) is 11.7. The Morgan fingerprint density at radius 3 is 2.42 bits per heavy atom. The van der Waals surface area contributed by atoms with Gasteiger partial charge in [0.25, 0.3) is 5.91 Å². The van der Waals surface area contributed by atoms with Gasteiger partial charge in [-0.05, 0) is 18.1 Å². The summed E-state index contributed by atoms with van der Waals surface area (Å²) in [6.07, 6.45) is 5.91. The third-order valence-electron chi connectivity index (χ3n) is 5.21. The van der Waals surface area contributed by atoms with E-state index in [-0.39, 0.29) is 48.1 Å². The van der Waals surface area contributed by atoms with E-state index in [0.717, 1.165) is 5.56 Å². The number of likely N-dealkylation sites (N-methyl/N-ethyl adjacent to an activating group) is 1. The van der Waals surface area contributed by atoms with Crippen LogP contribution >= 0.6 is 0 Å². The van der Waals surface area contributed by atoms with Crippen molar-refractivity contribution in [3.8, 4) is 0 Å². The van der Waals surface area contributed by atoms with Crippen molar-refractivity contribution in [1.29, 1.82) is 0 Å². The molecule has 1 aromatic carbocycles. The number of benzene rings is 1. The Morgan fingerprint density at radius 2 is 1.81 bits per heavy atom. The summed E-state index contributed by atoms with van der Waals surface area (Å²) in [5.74, 6) is -1.86. The highest BCUT2D eigenvalue weighted by Gasteiger charge is 2.31. The molecule has 1 aliphatic heterocycles. The summed E-state index contributed by atoms with van der Waals surface area (Å²) in [4.78, 5) is 59.3. The number of nitrogens with zero attached hydrogens (tertiary/aromatic N) is 1. The van der Waals surface area contributed by atoms with Gasteiger partial charge in [0, 0.05) is 39.3 Å². The van der Waals surface area contributed by atoms with Crippen LogP contribution in [0.2, 0.25) is 0 Å². The number of carbonyl (C=O) groups excluding carboxylic acids is 5. The summed E-state index contributed by atoms with van der Waals surface area (Å²) >= 11 is 0. The first-order chi connectivity index (χ1) is 17.2. The number of aliphatic hydroxyl groups is 1. The molecule has 2 N–H and O–H groups in total. The minimum absolute atomic E-state index is 0.0171. The van der Waals surface area contributed by atoms with E-state index in [1.54, 1.807) is 12.2 Å². The van der Waals surface area contributed by atoms with Crippen molar-refractivity contribution in [3.63, 3.8) is 0 Å². The third-order valence-corrected chi connectivity index (χ3v) is 5.21. The highest BCUT2D eigenvalue weighted by atomic mass is 16.5. The van der Waals surface area contributed by atoms with Crippen molar-refractivity contribution in [3.05, 3.63) is 71.5 Å². The average Bonchev–Trinajstić information content (AvgIpc) is 3.17. The molecule has 0 radical (unpaired) electrons. The molecule has 1 aliphatic carbocycles. The topological polar surface area (TPSA) is 130 Å². The molecule has 0 bridgehead atoms. The second-order valence-electron chi connectivity index (χ2n) is 7.73. The van der Waals surface area contributed by atoms with Gasteiger partial charge in [-0.1, -0.05) is 56.3 Å². The lowest BCUT2D eigenvalue weighted by Crippen LogP contribution is -2.40. The largest absolute Gasteiger partial charge is 0.515 e. The second-order valence-corrected chi connectivity index (χ2v) is 7.73. The Hall–Kier alpha value is -4.01. The average molecular weight is 499 g/mol. The second kappa shape index (κ2) is 15.8. The maximum atomic E-state index is 12.7. The van der Waals surface area contributed by atoms with E-state index in [0.29, 0.717) is 19.3 Å². The fourth-order valence-corrected chi connectivity index (χ4v) is 3.35. The van der Waals surface area contributed by atoms with Gasteiger partial charge in [0.05, 0.1) is 17.4 Å². The molecular weight excluding hydrogens is 464 g/mol. The SMILES string of the molecule is CC.CC(=O)OCc1ccccc1.CN(C(=O)C1=CC=CCC(=O)/C1=C\O)C1CCC(=O)NC(=O)C1. The summed E-state index contributed by atoms with van der Waals surface area (Å²) in [6.45, 7) is 5.78. The fourth-order valence-electron chi connectivity index (χ4n) is 3.35. The minimum Gasteiger partial charge on any atom is -0.515 e. The van der Waals surface area contributed by atoms with Crippen molar-refractivity contribution in [2.75, 3.05) is 7.05 Å². The predicted octanol–water partition coefficient (Wildman–Crippen LogP) is 3.31. The van der Waals surface area contributed by atoms with Crippen LogP contribution < -0.4 is 5.32 Å². The lowest BCUT2D eigenvalue weighted by Gasteiger charge is -2.27. The van der Waals surface area contributed by atoms with Gasteiger partial charge in [-0.25, -0.2) is 0 Å². The Balaban J connectivity index is 0.000000417. The van der Waals surface area contributed by atoms with Gasteiger partial charge in [-0.15, -0.1) is 0 Å². The lowest BCUT2D eigenvalue weighted by atomic mass is 9.99.